The number of piperazine rings is 1. The molecule has 174 valence electrons. The minimum Gasteiger partial charge on any atom is -0.444 e. The van der Waals surface area contributed by atoms with Crippen molar-refractivity contribution in [2.45, 2.75) is 32.8 Å². The van der Waals surface area contributed by atoms with Crippen molar-refractivity contribution in [3.63, 3.8) is 0 Å². The van der Waals surface area contributed by atoms with E-state index in [0.717, 1.165) is 5.56 Å². The number of hydrogen-bond acceptors (Lipinski definition) is 6. The van der Waals surface area contributed by atoms with E-state index in [1.165, 1.54) is 21.7 Å². The molecule has 1 aliphatic rings. The molecule has 0 bridgehead atoms. The Morgan fingerprint density at radius 1 is 1.13 bits per heavy atom. The maximum absolute atomic E-state index is 13.1. The highest BCUT2D eigenvalue weighted by Gasteiger charge is 2.30. The molecule has 10 heteroatoms. The van der Waals surface area contributed by atoms with Crippen LogP contribution in [-0.4, -0.2) is 76.0 Å². The Bertz CT molecular complexity index is 857. The van der Waals surface area contributed by atoms with Crippen molar-refractivity contribution in [1.29, 1.82) is 0 Å². The number of carbonyl (C=O) groups excluding carboxylic acids is 1. The lowest BCUT2D eigenvalue weighted by Crippen LogP contribution is -2.51. The number of nitrogens with zero attached hydrogens (tertiary/aromatic N) is 2. The van der Waals surface area contributed by atoms with Gasteiger partial charge in [-0.1, -0.05) is 23.7 Å². The smallest absolute Gasteiger partial charge is 0.410 e. The topological polar surface area (TPSA) is 85.4 Å². The van der Waals surface area contributed by atoms with Gasteiger partial charge in [-0.05, 0) is 50.5 Å². The van der Waals surface area contributed by atoms with Crippen LogP contribution in [0.15, 0.2) is 29.7 Å². The lowest BCUT2D eigenvalue weighted by Gasteiger charge is -2.34. The Kier molecular flexibility index (Phi) is 9.32. The molecule has 1 aliphatic heterocycles. The monoisotopic (exact) mass is 474 g/mol. The van der Waals surface area contributed by atoms with Gasteiger partial charge in [-0.25, -0.2) is 13.2 Å². The van der Waals surface area contributed by atoms with Crippen LogP contribution in [0.2, 0.25) is 5.02 Å². The maximum Gasteiger partial charge on any atom is 0.410 e. The first-order valence-electron chi connectivity index (χ1n) is 10.0. The Balaban J connectivity index is 2.11. The third kappa shape index (κ3) is 8.42. The van der Waals surface area contributed by atoms with Crippen molar-refractivity contribution in [3.05, 3.63) is 40.3 Å². The first-order valence-corrected chi connectivity index (χ1v) is 11.9. The minimum atomic E-state index is -3.70. The summed E-state index contributed by atoms with van der Waals surface area (Å²) < 4.78 is 43.1. The molecule has 1 heterocycles. The summed E-state index contributed by atoms with van der Waals surface area (Å²) >= 11 is 5.97. The molecule has 1 amide bonds. The zero-order valence-corrected chi connectivity index (χ0v) is 20.0. The van der Waals surface area contributed by atoms with Crippen LogP contribution in [0.5, 0.6) is 0 Å². The first kappa shape index (κ1) is 25.6. The van der Waals surface area contributed by atoms with Gasteiger partial charge in [0.2, 0.25) is 10.0 Å². The van der Waals surface area contributed by atoms with Crippen molar-refractivity contribution in [2.24, 2.45) is 0 Å². The van der Waals surface area contributed by atoms with Gasteiger partial charge in [0.1, 0.15) is 12.4 Å². The summed E-state index contributed by atoms with van der Waals surface area (Å²) in [6.07, 6.45) is -0.0421. The van der Waals surface area contributed by atoms with Crippen LogP contribution in [-0.2, 0) is 24.2 Å². The van der Waals surface area contributed by atoms with Crippen LogP contribution < -0.4 is 0 Å². The molecular formula is C21H31ClN2O6S. The molecule has 1 fully saturated rings. The van der Waals surface area contributed by atoms with Crippen molar-refractivity contribution >= 4 is 33.3 Å². The molecule has 0 aliphatic carbocycles. The van der Waals surface area contributed by atoms with Gasteiger partial charge in [0.15, 0.2) is 0 Å². The maximum atomic E-state index is 13.1. The lowest BCUT2D eigenvalue weighted by molar-refractivity contribution is -0.0280. The van der Waals surface area contributed by atoms with Gasteiger partial charge >= 0.3 is 6.09 Å². The van der Waals surface area contributed by atoms with Crippen LogP contribution in [0.3, 0.4) is 0 Å². The zero-order valence-electron chi connectivity index (χ0n) is 18.5. The fraction of sp³-hybridized carbons (Fsp3) is 0.571. The molecule has 1 aromatic carbocycles. The molecule has 0 N–H and O–H groups in total. The van der Waals surface area contributed by atoms with E-state index in [9.17, 15) is 13.2 Å². The number of halogens is 1. The molecule has 0 radical (unpaired) electrons. The van der Waals surface area contributed by atoms with Crippen LogP contribution in [0.25, 0.3) is 5.57 Å². The molecule has 8 nitrogen and oxygen atoms in total. The Labute approximate surface area is 189 Å². The van der Waals surface area contributed by atoms with E-state index in [2.05, 4.69) is 0 Å². The fourth-order valence-electron chi connectivity index (χ4n) is 2.97. The van der Waals surface area contributed by atoms with Crippen LogP contribution >= 0.6 is 11.6 Å². The second-order valence-electron chi connectivity index (χ2n) is 8.13. The molecule has 1 aromatic rings. The van der Waals surface area contributed by atoms with E-state index < -0.39 is 21.7 Å². The van der Waals surface area contributed by atoms with E-state index in [-0.39, 0.29) is 33.0 Å². The SMILES string of the molecule is COCOCCC(=CS(=O)(=O)N1CCN(C(=O)OC(C)(C)C)CC1)c1ccc(Cl)cc1. The summed E-state index contributed by atoms with van der Waals surface area (Å²) in [6, 6.07) is 6.99. The Hall–Kier alpha value is -1.65. The standard InChI is InChI=1S/C21H31ClN2O6S/c1-21(2,3)30-20(25)23-10-12-24(13-11-23)31(26,27)15-18(9-14-29-16-28-4)17-5-7-19(22)8-6-17/h5-8,15H,9-14,16H2,1-4H3. The average molecular weight is 475 g/mol. The molecule has 0 atom stereocenters. The highest BCUT2D eigenvalue weighted by atomic mass is 35.5. The summed E-state index contributed by atoms with van der Waals surface area (Å²) in [5.41, 5.74) is 0.769. The van der Waals surface area contributed by atoms with E-state index >= 15 is 0 Å². The summed E-state index contributed by atoms with van der Waals surface area (Å²) in [7, 11) is -2.17. The summed E-state index contributed by atoms with van der Waals surface area (Å²) in [5.74, 6) is 0. The van der Waals surface area contributed by atoms with Gasteiger partial charge in [0.05, 0.1) is 6.61 Å². The quantitative estimate of drug-likeness (QED) is 0.423. The van der Waals surface area contributed by atoms with Crippen molar-refractivity contribution in [2.75, 3.05) is 46.7 Å². The summed E-state index contributed by atoms with van der Waals surface area (Å²) in [6.45, 7) is 6.78. The van der Waals surface area contributed by atoms with Gasteiger partial charge in [-0.15, -0.1) is 0 Å². The van der Waals surface area contributed by atoms with E-state index in [1.807, 2.05) is 0 Å². The molecule has 0 unspecified atom stereocenters. The lowest BCUT2D eigenvalue weighted by atomic mass is 10.1. The van der Waals surface area contributed by atoms with Gasteiger partial charge in [-0.3, -0.25) is 0 Å². The van der Waals surface area contributed by atoms with Gasteiger partial charge < -0.3 is 19.1 Å². The zero-order chi connectivity index (χ0) is 23.1. The Morgan fingerprint density at radius 3 is 2.29 bits per heavy atom. The number of amides is 1. The van der Waals surface area contributed by atoms with Gasteiger partial charge in [0.25, 0.3) is 0 Å². The van der Waals surface area contributed by atoms with E-state index in [1.54, 1.807) is 45.0 Å². The molecule has 0 aromatic heterocycles. The number of carbonyl (C=O) groups is 1. The van der Waals surface area contributed by atoms with E-state index in [4.69, 9.17) is 25.8 Å². The van der Waals surface area contributed by atoms with Crippen LogP contribution in [0.4, 0.5) is 4.79 Å². The third-order valence-corrected chi connectivity index (χ3v) is 6.39. The Morgan fingerprint density at radius 2 is 1.74 bits per heavy atom. The molecule has 0 saturated carbocycles. The number of hydrogen-bond donors (Lipinski definition) is 0. The molecule has 0 spiro atoms. The second-order valence-corrected chi connectivity index (χ2v) is 10.3. The van der Waals surface area contributed by atoms with Crippen molar-refractivity contribution < 1.29 is 27.4 Å². The summed E-state index contributed by atoms with van der Waals surface area (Å²) in [4.78, 5) is 13.7. The van der Waals surface area contributed by atoms with Crippen LogP contribution in [0, 0.1) is 0 Å². The number of benzene rings is 1. The third-order valence-electron chi connectivity index (χ3n) is 4.47. The van der Waals surface area contributed by atoms with Crippen LogP contribution in [0.1, 0.15) is 32.8 Å². The number of sulfonamides is 1. The summed E-state index contributed by atoms with van der Waals surface area (Å²) in [5, 5.41) is 1.84. The van der Waals surface area contributed by atoms with Crippen molar-refractivity contribution in [1.82, 2.24) is 9.21 Å². The first-order chi connectivity index (χ1) is 14.5. The fourth-order valence-corrected chi connectivity index (χ4v) is 4.53. The van der Waals surface area contributed by atoms with Crippen molar-refractivity contribution in [3.8, 4) is 0 Å². The predicted molar refractivity (Wildman–Crippen MR) is 120 cm³/mol. The predicted octanol–water partition coefficient (Wildman–Crippen LogP) is 3.57. The highest BCUT2D eigenvalue weighted by Crippen LogP contribution is 2.24. The average Bonchev–Trinajstić information content (AvgIpc) is 2.70. The second kappa shape index (κ2) is 11.3. The number of ether oxygens (including phenoxy) is 3. The van der Waals surface area contributed by atoms with Gasteiger partial charge in [0, 0.05) is 43.7 Å². The molecule has 2 rings (SSSR count). The molecule has 1 saturated heterocycles. The largest absolute Gasteiger partial charge is 0.444 e. The number of rotatable bonds is 8. The van der Waals surface area contributed by atoms with Gasteiger partial charge in [-0.2, -0.15) is 4.31 Å². The normalized spacial score (nSPS) is 16.4. The molecular weight excluding hydrogens is 444 g/mol. The van der Waals surface area contributed by atoms with E-state index in [0.29, 0.717) is 23.6 Å². The molecule has 31 heavy (non-hydrogen) atoms. The number of methoxy groups -OCH3 is 1. The highest BCUT2D eigenvalue weighted by molar-refractivity contribution is 7.92. The minimum absolute atomic E-state index is 0.132.